The van der Waals surface area contributed by atoms with E-state index in [1.54, 1.807) is 13.1 Å². The van der Waals surface area contributed by atoms with Gasteiger partial charge in [0.2, 0.25) is 5.89 Å². The lowest BCUT2D eigenvalue weighted by Crippen LogP contribution is -2.11. The molecule has 0 spiro atoms. The van der Waals surface area contributed by atoms with Crippen LogP contribution in [0.3, 0.4) is 0 Å². The third-order valence-corrected chi connectivity index (χ3v) is 3.87. The quantitative estimate of drug-likeness (QED) is 0.878. The molecule has 0 bridgehead atoms. The van der Waals surface area contributed by atoms with Crippen molar-refractivity contribution >= 4 is 10.8 Å². The first-order valence-electron chi connectivity index (χ1n) is 5.30. The Kier molecular flexibility index (Phi) is 4.27. The van der Waals surface area contributed by atoms with Crippen molar-refractivity contribution in [1.29, 1.82) is 0 Å². The Hall–Kier alpha value is -0.680. The van der Waals surface area contributed by atoms with Gasteiger partial charge in [-0.15, -0.1) is 0 Å². The summed E-state index contributed by atoms with van der Waals surface area (Å²) >= 11 is 0. The highest BCUT2D eigenvalue weighted by Crippen LogP contribution is 2.26. The molecule has 1 rings (SSSR count). The molecule has 1 heterocycles. The summed E-state index contributed by atoms with van der Waals surface area (Å²) in [5, 5.41) is 8.45. The topological polar surface area (TPSA) is 63.3 Å². The van der Waals surface area contributed by atoms with E-state index in [9.17, 15) is 4.21 Å². The van der Waals surface area contributed by atoms with E-state index in [0.717, 1.165) is 5.76 Å². The summed E-state index contributed by atoms with van der Waals surface area (Å²) in [6.07, 6.45) is 1.68. The molecule has 0 aliphatic heterocycles. The lowest BCUT2D eigenvalue weighted by Gasteiger charge is -2.13. The second-order valence-corrected chi connectivity index (χ2v) is 6.64. The summed E-state index contributed by atoms with van der Waals surface area (Å²) in [4.78, 5) is 4.14. The molecule has 0 saturated heterocycles. The van der Waals surface area contributed by atoms with Crippen molar-refractivity contribution in [3.05, 3.63) is 17.8 Å². The first-order valence-corrected chi connectivity index (χ1v) is 6.68. The molecule has 0 aliphatic carbocycles. The van der Waals surface area contributed by atoms with Gasteiger partial charge in [-0.1, -0.05) is 20.8 Å². The summed E-state index contributed by atoms with van der Waals surface area (Å²) in [6.45, 7) is 7.82. The molecule has 0 fully saturated rings. The smallest absolute Gasteiger partial charge is 0.209 e. The molecule has 4 nitrogen and oxygen atoms in total. The van der Waals surface area contributed by atoms with Crippen LogP contribution in [-0.4, -0.2) is 26.7 Å². The molecule has 5 heteroatoms. The fraction of sp³-hybridized carbons (Fsp3) is 0.727. The average Bonchev–Trinajstić information content (AvgIpc) is 2.65. The summed E-state index contributed by atoms with van der Waals surface area (Å²) in [5.74, 6) is 1.53. The molecule has 92 valence electrons. The number of oxazole rings is 1. The second-order valence-electron chi connectivity index (χ2n) is 4.76. The van der Waals surface area contributed by atoms with Crippen molar-refractivity contribution < 1.29 is 13.7 Å². The van der Waals surface area contributed by atoms with Crippen LogP contribution in [0.4, 0.5) is 0 Å². The predicted molar refractivity (Wildman–Crippen MR) is 63.7 cm³/mol. The van der Waals surface area contributed by atoms with E-state index in [1.807, 2.05) is 20.8 Å². The number of nitrogens with zero attached hydrogens (tertiary/aromatic N) is 1. The van der Waals surface area contributed by atoms with Gasteiger partial charge in [-0.2, -0.15) is 0 Å². The SMILES string of the molecule is C[C@@H](c1ncc(C(C)(C)C)o1)[S@@](=O)CCO. The van der Waals surface area contributed by atoms with Crippen LogP contribution < -0.4 is 0 Å². The zero-order chi connectivity index (χ0) is 12.3. The van der Waals surface area contributed by atoms with E-state index in [-0.39, 0.29) is 23.0 Å². The van der Waals surface area contributed by atoms with Crippen LogP contribution in [-0.2, 0) is 16.2 Å². The highest BCUT2D eigenvalue weighted by Gasteiger charge is 2.23. The second kappa shape index (κ2) is 5.10. The Balaban J connectivity index is 2.82. The molecule has 0 radical (unpaired) electrons. The van der Waals surface area contributed by atoms with Crippen molar-refractivity contribution in [1.82, 2.24) is 4.98 Å². The Bertz CT molecular complexity index is 368. The summed E-state index contributed by atoms with van der Waals surface area (Å²) < 4.78 is 17.2. The maximum absolute atomic E-state index is 11.7. The lowest BCUT2D eigenvalue weighted by molar-refractivity contribution is 0.320. The molecule has 16 heavy (non-hydrogen) atoms. The van der Waals surface area contributed by atoms with Crippen molar-refractivity contribution in [3.8, 4) is 0 Å². The minimum atomic E-state index is -1.14. The van der Waals surface area contributed by atoms with Gasteiger partial charge >= 0.3 is 0 Å². The van der Waals surface area contributed by atoms with Crippen molar-refractivity contribution in [3.63, 3.8) is 0 Å². The van der Waals surface area contributed by atoms with Crippen LogP contribution in [0.2, 0.25) is 0 Å². The number of rotatable bonds is 4. The van der Waals surface area contributed by atoms with Crippen LogP contribution in [0.25, 0.3) is 0 Å². The van der Waals surface area contributed by atoms with Gasteiger partial charge in [0.15, 0.2) is 0 Å². The van der Waals surface area contributed by atoms with Crippen molar-refractivity contribution in [2.24, 2.45) is 0 Å². The minimum absolute atomic E-state index is 0.0796. The summed E-state index contributed by atoms with van der Waals surface area (Å²) in [7, 11) is -1.14. The number of hydrogen-bond acceptors (Lipinski definition) is 4. The van der Waals surface area contributed by atoms with Crippen LogP contribution >= 0.6 is 0 Å². The van der Waals surface area contributed by atoms with Crippen LogP contribution in [0.15, 0.2) is 10.6 Å². The van der Waals surface area contributed by atoms with Crippen molar-refractivity contribution in [2.75, 3.05) is 12.4 Å². The Morgan fingerprint density at radius 1 is 1.56 bits per heavy atom. The predicted octanol–water partition coefficient (Wildman–Crippen LogP) is 1.77. The molecule has 0 saturated carbocycles. The van der Waals surface area contributed by atoms with Gasteiger partial charge < -0.3 is 9.52 Å². The molecular formula is C11H19NO3S. The van der Waals surface area contributed by atoms with Gasteiger partial charge in [0.1, 0.15) is 11.0 Å². The minimum Gasteiger partial charge on any atom is -0.444 e. The number of aromatic nitrogens is 1. The zero-order valence-electron chi connectivity index (χ0n) is 10.2. The van der Waals surface area contributed by atoms with E-state index in [1.165, 1.54) is 0 Å². The molecule has 0 amide bonds. The fourth-order valence-corrected chi connectivity index (χ4v) is 2.07. The fourth-order valence-electron chi connectivity index (χ4n) is 1.20. The molecular weight excluding hydrogens is 226 g/mol. The average molecular weight is 245 g/mol. The van der Waals surface area contributed by atoms with Crippen LogP contribution in [0, 0.1) is 0 Å². The maximum atomic E-state index is 11.7. The van der Waals surface area contributed by atoms with E-state index in [0.29, 0.717) is 5.89 Å². The van der Waals surface area contributed by atoms with Gasteiger partial charge in [0, 0.05) is 22.0 Å². The number of aliphatic hydroxyl groups is 1. The summed E-state index contributed by atoms with van der Waals surface area (Å²) in [6, 6.07) is 0. The highest BCUT2D eigenvalue weighted by atomic mass is 32.2. The molecule has 0 aliphatic rings. The van der Waals surface area contributed by atoms with Crippen molar-refractivity contribution in [2.45, 2.75) is 38.4 Å². The van der Waals surface area contributed by atoms with Gasteiger partial charge in [0.25, 0.3) is 0 Å². The monoisotopic (exact) mass is 245 g/mol. The van der Waals surface area contributed by atoms with Gasteiger partial charge in [-0.05, 0) is 6.92 Å². The van der Waals surface area contributed by atoms with Gasteiger partial charge in [0.05, 0.1) is 12.8 Å². The Morgan fingerprint density at radius 2 is 2.19 bits per heavy atom. The van der Waals surface area contributed by atoms with Crippen LogP contribution in [0.1, 0.15) is 44.6 Å². The van der Waals surface area contributed by atoms with E-state index >= 15 is 0 Å². The maximum Gasteiger partial charge on any atom is 0.209 e. The molecule has 0 unspecified atom stereocenters. The third-order valence-electron chi connectivity index (χ3n) is 2.30. The third kappa shape index (κ3) is 3.15. The highest BCUT2D eigenvalue weighted by molar-refractivity contribution is 7.85. The van der Waals surface area contributed by atoms with Crippen LogP contribution in [0.5, 0.6) is 0 Å². The Labute approximate surface area is 98.5 Å². The van der Waals surface area contributed by atoms with E-state index < -0.39 is 10.8 Å². The molecule has 1 aromatic heterocycles. The normalized spacial score (nSPS) is 16.1. The Morgan fingerprint density at radius 3 is 2.62 bits per heavy atom. The number of hydrogen-bond donors (Lipinski definition) is 1. The molecule has 0 aromatic carbocycles. The van der Waals surface area contributed by atoms with E-state index in [2.05, 4.69) is 4.98 Å². The van der Waals surface area contributed by atoms with Gasteiger partial charge in [-0.3, -0.25) is 4.21 Å². The largest absolute Gasteiger partial charge is 0.444 e. The summed E-state index contributed by atoms with van der Waals surface area (Å²) in [5.41, 5.74) is -0.0938. The van der Waals surface area contributed by atoms with Gasteiger partial charge in [-0.25, -0.2) is 4.98 Å². The standard InChI is InChI=1S/C11H19NO3S/c1-8(16(14)6-5-13)10-12-7-9(15-10)11(2,3)4/h7-8,13H,5-6H2,1-4H3/t8-,16-/m0/s1. The molecule has 2 atom stereocenters. The lowest BCUT2D eigenvalue weighted by atomic mass is 9.94. The molecule has 1 aromatic rings. The van der Waals surface area contributed by atoms with E-state index in [4.69, 9.17) is 9.52 Å². The zero-order valence-corrected chi connectivity index (χ0v) is 11.0. The first-order chi connectivity index (χ1) is 7.36. The molecule has 1 N–H and O–H groups in total. The first kappa shape index (κ1) is 13.4. The number of aliphatic hydroxyl groups excluding tert-OH is 1.